The summed E-state index contributed by atoms with van der Waals surface area (Å²) in [6.45, 7) is 5.03. The fourth-order valence-corrected chi connectivity index (χ4v) is 3.45. The van der Waals surface area contributed by atoms with Crippen LogP contribution < -0.4 is 5.73 Å². The third kappa shape index (κ3) is 2.38. The number of thiophene rings is 1. The van der Waals surface area contributed by atoms with Gasteiger partial charge < -0.3 is 15.7 Å². The smallest absolute Gasteiger partial charge is 0.266 e. The summed E-state index contributed by atoms with van der Waals surface area (Å²) in [4.78, 5) is 15.7. The first-order chi connectivity index (χ1) is 9.51. The molecule has 6 nitrogen and oxygen atoms in total. The van der Waals surface area contributed by atoms with Gasteiger partial charge in [0, 0.05) is 26.7 Å². The largest absolute Gasteiger partial charge is 0.397 e. The number of carbonyl (C=O) groups is 1. The average molecular weight is 296 g/mol. The second-order valence-electron chi connectivity index (χ2n) is 4.70. The van der Waals surface area contributed by atoms with E-state index in [2.05, 4.69) is 5.10 Å². The van der Waals surface area contributed by atoms with Crippen molar-refractivity contribution in [2.45, 2.75) is 20.3 Å². The number of aryl methyl sites for hydroxylation is 2. The molecule has 2 aromatic rings. The van der Waals surface area contributed by atoms with Gasteiger partial charge in [-0.05, 0) is 20.3 Å². The van der Waals surface area contributed by atoms with Crippen molar-refractivity contribution in [1.82, 2.24) is 14.7 Å². The van der Waals surface area contributed by atoms with E-state index in [0.29, 0.717) is 30.1 Å². The number of aliphatic hydroxyl groups excluding tert-OH is 1. The zero-order chi connectivity index (χ0) is 14.9. The summed E-state index contributed by atoms with van der Waals surface area (Å²) in [7, 11) is 1.85. The number of hydrogen-bond acceptors (Lipinski definition) is 5. The predicted molar refractivity (Wildman–Crippen MR) is 81.0 cm³/mol. The van der Waals surface area contributed by atoms with Crippen LogP contribution in [0.2, 0.25) is 0 Å². The Balaban J connectivity index is 2.39. The number of hydrogen-bond donors (Lipinski definition) is 2. The maximum absolute atomic E-state index is 12.5. The summed E-state index contributed by atoms with van der Waals surface area (Å²) in [5.74, 6) is -0.0703. The molecule has 0 fully saturated rings. The number of carbonyl (C=O) groups excluding carboxylic acids is 1. The number of rotatable bonds is 5. The van der Waals surface area contributed by atoms with Crippen LogP contribution in [-0.4, -0.2) is 45.4 Å². The average Bonchev–Trinajstić information content (AvgIpc) is 2.90. The molecule has 0 aromatic carbocycles. The Hall–Kier alpha value is -1.60. The fourth-order valence-electron chi connectivity index (χ4n) is 2.30. The molecule has 0 bridgehead atoms. The Bertz CT molecular complexity index is 632. The van der Waals surface area contributed by atoms with E-state index >= 15 is 0 Å². The van der Waals surface area contributed by atoms with Crippen molar-refractivity contribution in [1.29, 1.82) is 0 Å². The van der Waals surface area contributed by atoms with Crippen LogP contribution in [0.3, 0.4) is 0 Å². The Morgan fingerprint density at radius 1 is 1.55 bits per heavy atom. The highest BCUT2D eigenvalue weighted by molar-refractivity contribution is 7.21. The Labute approximate surface area is 121 Å². The van der Waals surface area contributed by atoms with Crippen LogP contribution in [0, 0.1) is 6.92 Å². The highest BCUT2D eigenvalue weighted by atomic mass is 32.1. The van der Waals surface area contributed by atoms with Crippen molar-refractivity contribution >= 4 is 33.1 Å². The van der Waals surface area contributed by atoms with E-state index in [9.17, 15) is 4.79 Å². The molecule has 110 valence electrons. The number of nitrogens with two attached hydrogens (primary N) is 1. The molecule has 0 aliphatic rings. The summed E-state index contributed by atoms with van der Waals surface area (Å²) in [5.41, 5.74) is 7.49. The molecule has 20 heavy (non-hydrogen) atoms. The van der Waals surface area contributed by atoms with Crippen molar-refractivity contribution in [2.24, 2.45) is 7.05 Å². The number of aliphatic hydroxyl groups is 1. The highest BCUT2D eigenvalue weighted by Crippen LogP contribution is 2.36. The van der Waals surface area contributed by atoms with Gasteiger partial charge in [-0.1, -0.05) is 0 Å². The molecule has 0 aliphatic carbocycles. The molecule has 7 heteroatoms. The second-order valence-corrected chi connectivity index (χ2v) is 5.70. The van der Waals surface area contributed by atoms with Gasteiger partial charge in [-0.15, -0.1) is 11.3 Å². The lowest BCUT2D eigenvalue weighted by Gasteiger charge is -2.19. The zero-order valence-electron chi connectivity index (χ0n) is 12.0. The van der Waals surface area contributed by atoms with E-state index in [1.807, 2.05) is 20.9 Å². The molecule has 0 saturated heterocycles. The van der Waals surface area contributed by atoms with Crippen LogP contribution in [-0.2, 0) is 7.05 Å². The maximum Gasteiger partial charge on any atom is 0.266 e. The standard InChI is InChI=1S/C13H20N4O2S/c1-4-17(6-5-7-18)12(19)11-10(14)9-8(2)15-16(3)13(9)20-11/h18H,4-7,14H2,1-3H3. The third-order valence-electron chi connectivity index (χ3n) is 3.33. The lowest BCUT2D eigenvalue weighted by molar-refractivity contribution is 0.0760. The molecule has 0 unspecified atom stereocenters. The molecule has 2 rings (SSSR count). The normalized spacial score (nSPS) is 11.2. The summed E-state index contributed by atoms with van der Waals surface area (Å²) in [6, 6.07) is 0. The number of aromatic nitrogens is 2. The van der Waals surface area contributed by atoms with Gasteiger partial charge >= 0.3 is 0 Å². The molecule has 0 saturated carbocycles. The summed E-state index contributed by atoms with van der Waals surface area (Å²) >= 11 is 1.38. The summed E-state index contributed by atoms with van der Waals surface area (Å²) < 4.78 is 1.76. The van der Waals surface area contributed by atoms with E-state index < -0.39 is 0 Å². The monoisotopic (exact) mass is 296 g/mol. The maximum atomic E-state index is 12.5. The first-order valence-electron chi connectivity index (χ1n) is 6.62. The molecule has 0 spiro atoms. The zero-order valence-corrected chi connectivity index (χ0v) is 12.8. The van der Waals surface area contributed by atoms with Gasteiger partial charge in [0.1, 0.15) is 9.71 Å². The van der Waals surface area contributed by atoms with Crippen molar-refractivity contribution in [3.05, 3.63) is 10.6 Å². The van der Waals surface area contributed by atoms with Gasteiger partial charge in [0.15, 0.2) is 0 Å². The molecule has 0 aliphatic heterocycles. The SMILES string of the molecule is CCN(CCCO)C(=O)c1sc2c(c(C)nn2C)c1N. The van der Waals surface area contributed by atoms with Crippen LogP contribution in [0.5, 0.6) is 0 Å². The topological polar surface area (TPSA) is 84.4 Å². The van der Waals surface area contributed by atoms with Crippen molar-refractivity contribution in [2.75, 3.05) is 25.4 Å². The van der Waals surface area contributed by atoms with Gasteiger partial charge in [0.2, 0.25) is 0 Å². The number of nitrogens with zero attached hydrogens (tertiary/aromatic N) is 3. The van der Waals surface area contributed by atoms with Crippen LogP contribution in [0.4, 0.5) is 5.69 Å². The molecule has 0 radical (unpaired) electrons. The molecule has 2 aromatic heterocycles. The minimum Gasteiger partial charge on any atom is -0.397 e. The minimum atomic E-state index is -0.0703. The Morgan fingerprint density at radius 2 is 2.25 bits per heavy atom. The minimum absolute atomic E-state index is 0.0703. The second kappa shape index (κ2) is 5.80. The summed E-state index contributed by atoms with van der Waals surface area (Å²) in [6.07, 6.45) is 0.574. The lowest BCUT2D eigenvalue weighted by Crippen LogP contribution is -2.32. The van der Waals surface area contributed by atoms with Gasteiger partial charge in [-0.3, -0.25) is 9.48 Å². The van der Waals surface area contributed by atoms with E-state index in [4.69, 9.17) is 10.8 Å². The Kier molecular flexibility index (Phi) is 4.29. The fraction of sp³-hybridized carbons (Fsp3) is 0.538. The van der Waals surface area contributed by atoms with Crippen molar-refractivity contribution in [3.63, 3.8) is 0 Å². The van der Waals surface area contributed by atoms with E-state index in [1.165, 1.54) is 11.3 Å². The molecule has 3 N–H and O–H groups in total. The quantitative estimate of drug-likeness (QED) is 0.872. The molecule has 0 atom stereocenters. The van der Waals surface area contributed by atoms with Gasteiger partial charge in [0.25, 0.3) is 5.91 Å². The molecule has 1 amide bonds. The van der Waals surface area contributed by atoms with Crippen molar-refractivity contribution < 1.29 is 9.90 Å². The molecule has 2 heterocycles. The van der Waals surface area contributed by atoms with Gasteiger partial charge in [-0.2, -0.15) is 5.10 Å². The van der Waals surface area contributed by atoms with E-state index in [-0.39, 0.29) is 12.5 Å². The Morgan fingerprint density at radius 3 is 2.80 bits per heavy atom. The first kappa shape index (κ1) is 14.8. The van der Waals surface area contributed by atoms with Gasteiger partial charge in [-0.25, -0.2) is 0 Å². The highest BCUT2D eigenvalue weighted by Gasteiger charge is 2.23. The molecular weight excluding hydrogens is 276 g/mol. The predicted octanol–water partition coefficient (Wildman–Crippen LogP) is 1.37. The summed E-state index contributed by atoms with van der Waals surface area (Å²) in [5, 5.41) is 14.1. The van der Waals surface area contributed by atoms with E-state index in [0.717, 1.165) is 15.9 Å². The number of nitrogen functional groups attached to an aromatic ring is 1. The first-order valence-corrected chi connectivity index (χ1v) is 7.44. The van der Waals surface area contributed by atoms with Crippen LogP contribution >= 0.6 is 11.3 Å². The third-order valence-corrected chi connectivity index (χ3v) is 4.59. The number of anilines is 1. The lowest BCUT2D eigenvalue weighted by atomic mass is 10.2. The van der Waals surface area contributed by atoms with E-state index in [1.54, 1.807) is 9.58 Å². The van der Waals surface area contributed by atoms with Crippen LogP contribution in [0.1, 0.15) is 28.7 Å². The van der Waals surface area contributed by atoms with Crippen LogP contribution in [0.25, 0.3) is 10.2 Å². The van der Waals surface area contributed by atoms with Crippen molar-refractivity contribution in [3.8, 4) is 0 Å². The van der Waals surface area contributed by atoms with Crippen LogP contribution in [0.15, 0.2) is 0 Å². The number of amides is 1. The molecular formula is C13H20N4O2S. The van der Waals surface area contributed by atoms with Gasteiger partial charge in [0.05, 0.1) is 16.8 Å². The number of fused-ring (bicyclic) bond motifs is 1.